The molecule has 0 amide bonds. The van der Waals surface area contributed by atoms with E-state index in [1.165, 1.54) is 35.9 Å². The molecular weight excluding hydrogens is 194 g/mol. The second-order valence-electron chi connectivity index (χ2n) is 4.08. The highest BCUT2D eigenvalue weighted by Crippen LogP contribution is 2.37. The fraction of sp³-hybridized carbons (Fsp3) is 0.333. The SMILES string of the molecule is Clc1ccc2[nH]c(C3CCC3)cc2c1. The standard InChI is InChI=1S/C12H12ClN/c13-10-4-5-11-9(6-10)7-12(14-11)8-2-1-3-8/h4-8,14H,1-3H2. The molecule has 0 unspecified atom stereocenters. The number of nitrogens with one attached hydrogen (secondary N) is 1. The summed E-state index contributed by atoms with van der Waals surface area (Å²) in [5.74, 6) is 0.765. The van der Waals surface area contributed by atoms with Gasteiger partial charge in [-0.1, -0.05) is 18.0 Å². The van der Waals surface area contributed by atoms with Crippen LogP contribution in [0.25, 0.3) is 10.9 Å². The van der Waals surface area contributed by atoms with E-state index >= 15 is 0 Å². The quantitative estimate of drug-likeness (QED) is 0.722. The van der Waals surface area contributed by atoms with Crippen molar-refractivity contribution in [2.75, 3.05) is 0 Å². The van der Waals surface area contributed by atoms with Crippen LogP contribution in [0, 0.1) is 0 Å². The van der Waals surface area contributed by atoms with Crippen LogP contribution >= 0.6 is 11.6 Å². The van der Waals surface area contributed by atoms with E-state index in [9.17, 15) is 0 Å². The van der Waals surface area contributed by atoms with E-state index in [1.54, 1.807) is 0 Å². The molecule has 3 rings (SSSR count). The second kappa shape index (κ2) is 3.03. The maximum absolute atomic E-state index is 5.94. The van der Waals surface area contributed by atoms with Crippen molar-refractivity contribution in [1.82, 2.24) is 4.98 Å². The summed E-state index contributed by atoms with van der Waals surface area (Å²) in [6.07, 6.45) is 4.04. The Morgan fingerprint density at radius 1 is 1.21 bits per heavy atom. The normalized spacial score (nSPS) is 17.2. The van der Waals surface area contributed by atoms with Crippen LogP contribution in [0.2, 0.25) is 5.02 Å². The van der Waals surface area contributed by atoms with Crippen LogP contribution in [0.5, 0.6) is 0 Å². The van der Waals surface area contributed by atoms with Gasteiger partial charge in [0.15, 0.2) is 0 Å². The van der Waals surface area contributed by atoms with Gasteiger partial charge in [-0.25, -0.2) is 0 Å². The molecule has 0 aliphatic heterocycles. The van der Waals surface area contributed by atoms with Gasteiger partial charge in [-0.2, -0.15) is 0 Å². The van der Waals surface area contributed by atoms with Gasteiger partial charge in [0.2, 0.25) is 0 Å². The Kier molecular flexibility index (Phi) is 1.81. The predicted molar refractivity (Wildman–Crippen MR) is 59.9 cm³/mol. The zero-order valence-electron chi connectivity index (χ0n) is 7.89. The van der Waals surface area contributed by atoms with Crippen molar-refractivity contribution in [3.8, 4) is 0 Å². The molecule has 1 heterocycles. The lowest BCUT2D eigenvalue weighted by Crippen LogP contribution is -2.08. The monoisotopic (exact) mass is 205 g/mol. The number of halogens is 1. The lowest BCUT2D eigenvalue weighted by atomic mass is 9.83. The molecule has 1 N–H and O–H groups in total. The number of fused-ring (bicyclic) bond motifs is 1. The van der Waals surface area contributed by atoms with Crippen molar-refractivity contribution in [3.63, 3.8) is 0 Å². The molecule has 0 bridgehead atoms. The molecule has 1 saturated carbocycles. The molecule has 1 aromatic heterocycles. The summed E-state index contributed by atoms with van der Waals surface area (Å²) < 4.78 is 0. The highest BCUT2D eigenvalue weighted by Gasteiger charge is 2.20. The van der Waals surface area contributed by atoms with E-state index in [2.05, 4.69) is 17.1 Å². The van der Waals surface area contributed by atoms with Gasteiger partial charge in [-0.05, 0) is 43.0 Å². The molecule has 1 aliphatic rings. The summed E-state index contributed by atoms with van der Waals surface area (Å²) in [7, 11) is 0. The van der Waals surface area contributed by atoms with Crippen LogP contribution in [0.15, 0.2) is 24.3 Å². The van der Waals surface area contributed by atoms with E-state index in [1.807, 2.05) is 12.1 Å². The topological polar surface area (TPSA) is 15.8 Å². The maximum atomic E-state index is 5.94. The third-order valence-electron chi connectivity index (χ3n) is 3.15. The van der Waals surface area contributed by atoms with Gasteiger partial charge in [0.25, 0.3) is 0 Å². The number of aromatic amines is 1. The molecule has 14 heavy (non-hydrogen) atoms. The van der Waals surface area contributed by atoms with Crippen molar-refractivity contribution in [3.05, 3.63) is 35.0 Å². The smallest absolute Gasteiger partial charge is 0.0457 e. The molecule has 1 aliphatic carbocycles. The largest absolute Gasteiger partial charge is 0.358 e. The fourth-order valence-electron chi connectivity index (χ4n) is 2.07. The first-order chi connectivity index (χ1) is 6.83. The molecule has 1 nitrogen and oxygen atoms in total. The molecule has 0 atom stereocenters. The van der Waals surface area contributed by atoms with Gasteiger partial charge < -0.3 is 4.98 Å². The first kappa shape index (κ1) is 8.37. The summed E-state index contributed by atoms with van der Waals surface area (Å²) in [4.78, 5) is 3.47. The summed E-state index contributed by atoms with van der Waals surface area (Å²) >= 11 is 5.94. The first-order valence-electron chi connectivity index (χ1n) is 5.11. The predicted octanol–water partition coefficient (Wildman–Crippen LogP) is 4.09. The lowest BCUT2D eigenvalue weighted by Gasteiger charge is -2.23. The Hall–Kier alpha value is -0.950. The summed E-state index contributed by atoms with van der Waals surface area (Å²) in [5.41, 5.74) is 2.59. The molecule has 72 valence electrons. The van der Waals surface area contributed by atoms with Gasteiger partial charge >= 0.3 is 0 Å². The zero-order chi connectivity index (χ0) is 9.54. The minimum absolute atomic E-state index is 0.765. The molecule has 2 heteroatoms. The van der Waals surface area contributed by atoms with Crippen LogP contribution < -0.4 is 0 Å². The first-order valence-corrected chi connectivity index (χ1v) is 5.49. The van der Waals surface area contributed by atoms with Crippen molar-refractivity contribution >= 4 is 22.5 Å². The second-order valence-corrected chi connectivity index (χ2v) is 4.52. The van der Waals surface area contributed by atoms with Crippen LogP contribution in [0.3, 0.4) is 0 Å². The van der Waals surface area contributed by atoms with E-state index in [-0.39, 0.29) is 0 Å². The van der Waals surface area contributed by atoms with Gasteiger partial charge in [0.05, 0.1) is 0 Å². The number of hydrogen-bond acceptors (Lipinski definition) is 0. The lowest BCUT2D eigenvalue weighted by molar-refractivity contribution is 0.413. The van der Waals surface area contributed by atoms with Crippen molar-refractivity contribution < 1.29 is 0 Å². The number of benzene rings is 1. The van der Waals surface area contributed by atoms with Crippen LogP contribution in [0.4, 0.5) is 0 Å². The summed E-state index contributed by atoms with van der Waals surface area (Å²) in [5, 5.41) is 2.05. The molecule has 2 aromatic rings. The van der Waals surface area contributed by atoms with E-state index in [0.29, 0.717) is 0 Å². The number of hydrogen-bond donors (Lipinski definition) is 1. The average Bonchev–Trinajstić information content (AvgIpc) is 2.43. The zero-order valence-corrected chi connectivity index (χ0v) is 8.64. The van der Waals surface area contributed by atoms with Crippen LogP contribution in [0.1, 0.15) is 30.9 Å². The average molecular weight is 206 g/mol. The Morgan fingerprint density at radius 2 is 2.07 bits per heavy atom. The number of aromatic nitrogens is 1. The molecule has 0 spiro atoms. The highest BCUT2D eigenvalue weighted by atomic mass is 35.5. The number of H-pyrrole nitrogens is 1. The van der Waals surface area contributed by atoms with Crippen molar-refractivity contribution in [1.29, 1.82) is 0 Å². The summed E-state index contributed by atoms with van der Waals surface area (Å²) in [6, 6.07) is 8.26. The van der Waals surface area contributed by atoms with Gasteiger partial charge in [-0.15, -0.1) is 0 Å². The molecule has 0 radical (unpaired) electrons. The minimum Gasteiger partial charge on any atom is -0.358 e. The third-order valence-corrected chi connectivity index (χ3v) is 3.38. The number of rotatable bonds is 1. The fourth-order valence-corrected chi connectivity index (χ4v) is 2.25. The molecule has 1 fully saturated rings. The van der Waals surface area contributed by atoms with Crippen molar-refractivity contribution in [2.24, 2.45) is 0 Å². The van der Waals surface area contributed by atoms with Crippen LogP contribution in [-0.4, -0.2) is 4.98 Å². The third kappa shape index (κ3) is 1.24. The Morgan fingerprint density at radius 3 is 2.79 bits per heavy atom. The Bertz CT molecular complexity index is 468. The van der Waals surface area contributed by atoms with E-state index < -0.39 is 0 Å². The van der Waals surface area contributed by atoms with Gasteiger partial charge in [0.1, 0.15) is 0 Å². The Labute approximate surface area is 88.1 Å². The highest BCUT2D eigenvalue weighted by molar-refractivity contribution is 6.31. The summed E-state index contributed by atoms with van der Waals surface area (Å²) in [6.45, 7) is 0. The minimum atomic E-state index is 0.765. The maximum Gasteiger partial charge on any atom is 0.0457 e. The molecular formula is C12H12ClN. The molecule has 0 saturated heterocycles. The van der Waals surface area contributed by atoms with Crippen LogP contribution in [-0.2, 0) is 0 Å². The molecule has 1 aromatic carbocycles. The van der Waals surface area contributed by atoms with E-state index in [4.69, 9.17) is 11.6 Å². The Balaban J connectivity index is 2.10. The van der Waals surface area contributed by atoms with Gasteiger partial charge in [0, 0.05) is 21.6 Å². The van der Waals surface area contributed by atoms with Crippen molar-refractivity contribution in [2.45, 2.75) is 25.2 Å². The van der Waals surface area contributed by atoms with E-state index in [0.717, 1.165) is 10.9 Å². The van der Waals surface area contributed by atoms with Gasteiger partial charge in [-0.3, -0.25) is 0 Å².